The normalized spacial score (nSPS) is 10.5. The van der Waals surface area contributed by atoms with Gasteiger partial charge in [-0.05, 0) is 25.1 Å². The molecule has 26 heavy (non-hydrogen) atoms. The predicted molar refractivity (Wildman–Crippen MR) is 98.9 cm³/mol. The van der Waals surface area contributed by atoms with Crippen LogP contribution < -0.4 is 5.32 Å². The summed E-state index contributed by atoms with van der Waals surface area (Å²) in [6.07, 6.45) is 1.55. The van der Waals surface area contributed by atoms with Crippen LogP contribution in [0.1, 0.15) is 5.76 Å². The largest absolute Gasteiger partial charge is 0.469 e. The quantitative estimate of drug-likeness (QED) is 0.608. The summed E-state index contributed by atoms with van der Waals surface area (Å²) in [4.78, 5) is 13.0. The first-order valence-electron chi connectivity index (χ1n) is 7.57. The number of hydrogen-bond acceptors (Lipinski definition) is 8. The molecule has 0 saturated heterocycles. The van der Waals surface area contributed by atoms with Crippen LogP contribution in [0.3, 0.4) is 0 Å². The van der Waals surface area contributed by atoms with Crippen molar-refractivity contribution in [2.75, 3.05) is 16.8 Å². The molecule has 2 heterocycles. The molecule has 1 amide bonds. The van der Waals surface area contributed by atoms with Gasteiger partial charge in [-0.2, -0.15) is 5.26 Å². The van der Waals surface area contributed by atoms with E-state index in [1.54, 1.807) is 18.4 Å². The van der Waals surface area contributed by atoms with Crippen LogP contribution >= 0.6 is 23.5 Å². The first kappa shape index (κ1) is 18.1. The average molecular weight is 386 g/mol. The molecule has 0 fully saturated rings. The molecule has 3 aromatic rings. The van der Waals surface area contributed by atoms with Gasteiger partial charge in [-0.25, -0.2) is 0 Å². The Hall–Kier alpha value is -2.70. The fourth-order valence-corrected chi connectivity index (χ4v) is 3.34. The molecule has 1 aromatic carbocycles. The summed E-state index contributed by atoms with van der Waals surface area (Å²) in [6.45, 7) is 1.81. The van der Waals surface area contributed by atoms with Crippen LogP contribution in [-0.2, 0) is 4.79 Å². The number of para-hydroxylation sites is 1. The number of aromatic nitrogens is 2. The molecule has 7 nitrogen and oxygen atoms in total. The summed E-state index contributed by atoms with van der Waals surface area (Å²) in [5.41, 5.74) is 1.41. The summed E-state index contributed by atoms with van der Waals surface area (Å²) in [5, 5.41) is 19.8. The van der Waals surface area contributed by atoms with E-state index in [2.05, 4.69) is 21.6 Å². The van der Waals surface area contributed by atoms with E-state index < -0.39 is 0 Å². The first-order chi connectivity index (χ1) is 12.7. The van der Waals surface area contributed by atoms with Crippen molar-refractivity contribution in [3.05, 3.63) is 42.4 Å². The molecule has 9 heteroatoms. The number of nitriles is 1. The number of nitrogens with one attached hydrogen (secondary N) is 1. The lowest BCUT2D eigenvalue weighted by Gasteiger charge is -2.08. The first-order valence-corrected chi connectivity index (χ1v) is 9.54. The Morgan fingerprint density at radius 3 is 2.88 bits per heavy atom. The number of amides is 1. The van der Waals surface area contributed by atoms with Gasteiger partial charge in [0.1, 0.15) is 5.76 Å². The number of nitrogens with zero attached hydrogens (tertiary/aromatic N) is 3. The minimum atomic E-state index is -0.195. The third kappa shape index (κ3) is 4.47. The van der Waals surface area contributed by atoms with Crippen LogP contribution in [0.2, 0.25) is 0 Å². The van der Waals surface area contributed by atoms with Gasteiger partial charge in [0, 0.05) is 4.90 Å². The van der Waals surface area contributed by atoms with E-state index in [4.69, 9.17) is 14.1 Å². The highest BCUT2D eigenvalue weighted by atomic mass is 32.2. The molecule has 2 aromatic heterocycles. The summed E-state index contributed by atoms with van der Waals surface area (Å²) in [5.74, 6) is 1.30. The lowest BCUT2D eigenvalue weighted by Crippen LogP contribution is -2.14. The second-order valence-corrected chi connectivity index (χ2v) is 6.99. The molecular formula is C17H14N4O3S2. The van der Waals surface area contributed by atoms with Crippen LogP contribution in [0.25, 0.3) is 11.5 Å². The fourth-order valence-electron chi connectivity index (χ4n) is 2.10. The molecule has 0 atom stereocenters. The number of anilines is 1. The van der Waals surface area contributed by atoms with Gasteiger partial charge in [-0.15, -0.1) is 22.0 Å². The molecule has 0 saturated carbocycles. The number of rotatable bonds is 7. The fraction of sp³-hybridized carbons (Fsp3) is 0.176. The highest BCUT2D eigenvalue weighted by molar-refractivity contribution is 8.00. The topological polar surface area (TPSA) is 105 Å². The Kier molecular flexibility index (Phi) is 5.99. The number of aryl methyl sites for hydroxylation is 1. The molecule has 1 N–H and O–H groups in total. The Morgan fingerprint density at radius 2 is 2.12 bits per heavy atom. The Labute approximate surface area is 158 Å². The smallest absolute Gasteiger partial charge is 0.277 e. The van der Waals surface area contributed by atoms with Crippen molar-refractivity contribution in [1.29, 1.82) is 5.26 Å². The molecule has 3 rings (SSSR count). The molecular weight excluding hydrogens is 372 g/mol. The van der Waals surface area contributed by atoms with Gasteiger partial charge in [-0.1, -0.05) is 23.9 Å². The molecule has 0 radical (unpaired) electrons. The SMILES string of the molecule is Cc1occc1-c1nnc(SCC(=O)Nc2ccccc2SCC#N)o1. The van der Waals surface area contributed by atoms with Crippen LogP contribution in [0, 0.1) is 18.3 Å². The van der Waals surface area contributed by atoms with Gasteiger partial charge in [-0.3, -0.25) is 4.79 Å². The standard InChI is InChI=1S/C17H14N4O3S2/c1-11-12(6-8-23-11)16-20-21-17(24-16)26-10-15(22)19-13-4-2-3-5-14(13)25-9-7-18/h2-6,8H,9-10H2,1H3,(H,19,22). The average Bonchev–Trinajstić information content (AvgIpc) is 3.28. The number of thioether (sulfide) groups is 2. The highest BCUT2D eigenvalue weighted by Gasteiger charge is 2.15. The third-order valence-corrected chi connectivity index (χ3v) is 5.03. The zero-order valence-corrected chi connectivity index (χ0v) is 15.4. The molecule has 0 spiro atoms. The summed E-state index contributed by atoms with van der Waals surface area (Å²) in [6, 6.07) is 11.2. The van der Waals surface area contributed by atoms with E-state index in [1.165, 1.54) is 11.8 Å². The van der Waals surface area contributed by atoms with E-state index in [1.807, 2.05) is 25.1 Å². The number of hydrogen-bond donors (Lipinski definition) is 1. The van der Waals surface area contributed by atoms with Crippen molar-refractivity contribution >= 4 is 35.1 Å². The second kappa shape index (κ2) is 8.60. The maximum atomic E-state index is 12.2. The second-order valence-electron chi connectivity index (χ2n) is 5.04. The zero-order chi connectivity index (χ0) is 18.4. The van der Waals surface area contributed by atoms with Crippen molar-refractivity contribution in [1.82, 2.24) is 10.2 Å². The van der Waals surface area contributed by atoms with Crippen LogP contribution in [-0.4, -0.2) is 27.6 Å². The number of furan rings is 1. The molecule has 0 bridgehead atoms. The molecule has 132 valence electrons. The van der Waals surface area contributed by atoms with E-state index >= 15 is 0 Å². The van der Waals surface area contributed by atoms with E-state index in [0.717, 1.165) is 22.2 Å². The van der Waals surface area contributed by atoms with Crippen LogP contribution in [0.5, 0.6) is 0 Å². The summed E-state index contributed by atoms with van der Waals surface area (Å²) >= 11 is 2.53. The summed E-state index contributed by atoms with van der Waals surface area (Å²) in [7, 11) is 0. The Bertz CT molecular complexity index is 945. The van der Waals surface area contributed by atoms with E-state index in [0.29, 0.717) is 28.3 Å². The highest BCUT2D eigenvalue weighted by Crippen LogP contribution is 2.28. The van der Waals surface area contributed by atoms with Gasteiger partial charge >= 0.3 is 0 Å². The maximum absolute atomic E-state index is 12.2. The van der Waals surface area contributed by atoms with Crippen molar-refractivity contribution in [2.24, 2.45) is 0 Å². The molecule has 0 aliphatic carbocycles. The minimum absolute atomic E-state index is 0.128. The Balaban J connectivity index is 1.58. The lowest BCUT2D eigenvalue weighted by atomic mass is 10.3. The van der Waals surface area contributed by atoms with Crippen LogP contribution in [0.4, 0.5) is 5.69 Å². The van der Waals surface area contributed by atoms with Gasteiger partial charge < -0.3 is 14.2 Å². The molecule has 0 unspecified atom stereocenters. The van der Waals surface area contributed by atoms with E-state index in [9.17, 15) is 4.79 Å². The number of carbonyl (C=O) groups is 1. The van der Waals surface area contributed by atoms with Crippen molar-refractivity contribution in [3.8, 4) is 17.5 Å². The molecule has 0 aliphatic heterocycles. The number of carbonyl (C=O) groups excluding carboxylic acids is 1. The van der Waals surface area contributed by atoms with Gasteiger partial charge in [0.05, 0.1) is 35.1 Å². The van der Waals surface area contributed by atoms with Crippen molar-refractivity contribution < 1.29 is 13.6 Å². The van der Waals surface area contributed by atoms with Crippen LogP contribution in [0.15, 0.2) is 55.5 Å². The predicted octanol–water partition coefficient (Wildman–Crippen LogP) is 3.98. The molecule has 0 aliphatic rings. The van der Waals surface area contributed by atoms with Crippen molar-refractivity contribution in [2.45, 2.75) is 17.0 Å². The monoisotopic (exact) mass is 386 g/mol. The minimum Gasteiger partial charge on any atom is -0.469 e. The lowest BCUT2D eigenvalue weighted by molar-refractivity contribution is -0.113. The van der Waals surface area contributed by atoms with Gasteiger partial charge in [0.25, 0.3) is 11.1 Å². The van der Waals surface area contributed by atoms with E-state index in [-0.39, 0.29) is 11.7 Å². The summed E-state index contributed by atoms with van der Waals surface area (Å²) < 4.78 is 10.8. The number of benzene rings is 1. The zero-order valence-electron chi connectivity index (χ0n) is 13.8. The van der Waals surface area contributed by atoms with Gasteiger partial charge in [0.2, 0.25) is 5.91 Å². The maximum Gasteiger partial charge on any atom is 0.277 e. The Morgan fingerprint density at radius 1 is 1.27 bits per heavy atom. The van der Waals surface area contributed by atoms with Gasteiger partial charge in [0.15, 0.2) is 0 Å². The van der Waals surface area contributed by atoms with Crippen molar-refractivity contribution in [3.63, 3.8) is 0 Å². The third-order valence-electron chi connectivity index (χ3n) is 3.28.